The van der Waals surface area contributed by atoms with E-state index in [1.807, 2.05) is 6.92 Å². The van der Waals surface area contributed by atoms with E-state index < -0.39 is 35.0 Å². The topological polar surface area (TPSA) is 117 Å². The van der Waals surface area contributed by atoms with Crippen LogP contribution in [0.1, 0.15) is 46.0 Å². The number of benzene rings is 1. The summed E-state index contributed by atoms with van der Waals surface area (Å²) in [6.07, 6.45) is 4.98. The highest BCUT2D eigenvalue weighted by atomic mass is 16.5. The van der Waals surface area contributed by atoms with Crippen LogP contribution in [0.5, 0.6) is 5.75 Å². The first kappa shape index (κ1) is 27.1. The molecule has 3 fully saturated rings. The first-order valence-corrected chi connectivity index (χ1v) is 13.1. The molecule has 0 aromatic heterocycles. The van der Waals surface area contributed by atoms with Crippen molar-refractivity contribution in [1.82, 2.24) is 4.90 Å². The SMILES string of the molecule is C=CCN(C(=O)C1N(CCCCCCO)C(=O)[C@@H]2[C@@H](C(=O)O)[C@]3(C)OC12CC3C)c1ccc(OC)cc1. The number of methoxy groups -OCH3 is 1. The van der Waals surface area contributed by atoms with Crippen LogP contribution in [-0.4, -0.2) is 76.9 Å². The molecule has 202 valence electrons. The summed E-state index contributed by atoms with van der Waals surface area (Å²) >= 11 is 0. The third kappa shape index (κ3) is 4.32. The van der Waals surface area contributed by atoms with Crippen LogP contribution in [0, 0.1) is 17.8 Å². The average molecular weight is 515 g/mol. The van der Waals surface area contributed by atoms with Gasteiger partial charge < -0.3 is 29.5 Å². The van der Waals surface area contributed by atoms with Crippen LogP contribution in [0.15, 0.2) is 36.9 Å². The average Bonchev–Trinajstić information content (AvgIpc) is 3.39. The fourth-order valence-corrected chi connectivity index (χ4v) is 6.74. The Morgan fingerprint density at radius 1 is 1.24 bits per heavy atom. The van der Waals surface area contributed by atoms with Crippen LogP contribution in [0.2, 0.25) is 0 Å². The quantitative estimate of drug-likeness (QED) is 0.325. The van der Waals surface area contributed by atoms with Crippen molar-refractivity contribution in [3.05, 3.63) is 36.9 Å². The summed E-state index contributed by atoms with van der Waals surface area (Å²) in [5.74, 6) is -3.12. The fourth-order valence-electron chi connectivity index (χ4n) is 6.74. The number of likely N-dealkylation sites (tertiary alicyclic amines) is 1. The van der Waals surface area contributed by atoms with Gasteiger partial charge in [0.2, 0.25) is 5.91 Å². The zero-order valence-electron chi connectivity index (χ0n) is 21.9. The molecular formula is C28H38N2O7. The van der Waals surface area contributed by atoms with E-state index in [9.17, 15) is 19.5 Å². The molecule has 3 heterocycles. The lowest BCUT2D eigenvalue weighted by molar-refractivity contribution is -0.156. The van der Waals surface area contributed by atoms with Crippen molar-refractivity contribution in [2.75, 3.05) is 31.7 Å². The van der Waals surface area contributed by atoms with Crippen molar-refractivity contribution in [1.29, 1.82) is 0 Å². The maximum atomic E-state index is 14.4. The van der Waals surface area contributed by atoms with Crippen LogP contribution >= 0.6 is 0 Å². The number of unbranched alkanes of at least 4 members (excludes halogenated alkanes) is 3. The van der Waals surface area contributed by atoms with Gasteiger partial charge in [-0.25, -0.2) is 0 Å². The molecule has 37 heavy (non-hydrogen) atoms. The minimum absolute atomic E-state index is 0.109. The largest absolute Gasteiger partial charge is 0.497 e. The van der Waals surface area contributed by atoms with Crippen LogP contribution in [-0.2, 0) is 19.1 Å². The third-order valence-electron chi connectivity index (χ3n) is 8.58. The summed E-state index contributed by atoms with van der Waals surface area (Å²) in [6, 6.07) is 6.14. The zero-order chi connectivity index (χ0) is 27.0. The number of aliphatic hydroxyl groups is 1. The number of fused-ring (bicyclic) bond motifs is 1. The van der Waals surface area contributed by atoms with Gasteiger partial charge in [0.25, 0.3) is 5.91 Å². The Balaban J connectivity index is 1.74. The van der Waals surface area contributed by atoms with Gasteiger partial charge in [-0.2, -0.15) is 0 Å². The lowest BCUT2D eigenvalue weighted by Gasteiger charge is -2.37. The van der Waals surface area contributed by atoms with Gasteiger partial charge in [-0.05, 0) is 56.4 Å². The summed E-state index contributed by atoms with van der Waals surface area (Å²) < 4.78 is 11.8. The van der Waals surface area contributed by atoms with E-state index in [1.165, 1.54) is 0 Å². The molecule has 0 saturated carbocycles. The number of rotatable bonds is 12. The molecule has 2 amide bonds. The van der Waals surface area contributed by atoms with Crippen LogP contribution < -0.4 is 9.64 Å². The Bertz CT molecular complexity index is 1040. The summed E-state index contributed by atoms with van der Waals surface area (Å²) in [7, 11) is 1.57. The Hall–Kier alpha value is -2.91. The fraction of sp³-hybridized carbons (Fsp3) is 0.607. The van der Waals surface area contributed by atoms with Gasteiger partial charge >= 0.3 is 5.97 Å². The summed E-state index contributed by atoms with van der Waals surface area (Å²) in [5.41, 5.74) is -1.61. The Morgan fingerprint density at radius 2 is 1.92 bits per heavy atom. The van der Waals surface area contributed by atoms with Crippen LogP contribution in [0.25, 0.3) is 0 Å². The standard InChI is InChI=1S/C28H38N2O7/c1-5-14-29(19-10-12-20(36-4)13-11-19)25(33)23-28-17-18(2)27(3,37-28)22(26(34)35)21(28)24(32)30(23)15-8-6-7-9-16-31/h5,10-13,18,21-23,31H,1,6-9,14-17H2,2-4H3,(H,34,35)/t18?,21-,22-,23?,27+,28?/m0/s1. The first-order chi connectivity index (χ1) is 17.7. The normalized spacial score (nSPS) is 31.9. The number of nitrogens with zero attached hydrogens (tertiary/aromatic N) is 2. The van der Waals surface area contributed by atoms with Crippen molar-refractivity contribution >= 4 is 23.5 Å². The predicted molar refractivity (Wildman–Crippen MR) is 137 cm³/mol. The molecule has 6 atom stereocenters. The summed E-state index contributed by atoms with van der Waals surface area (Å²) in [4.78, 5) is 43.9. The van der Waals surface area contributed by atoms with Gasteiger partial charge in [-0.15, -0.1) is 6.58 Å². The third-order valence-corrected chi connectivity index (χ3v) is 8.58. The molecule has 0 aliphatic carbocycles. The number of hydrogen-bond donors (Lipinski definition) is 2. The van der Waals surface area contributed by atoms with Crippen molar-refractivity contribution in [2.45, 2.75) is 63.2 Å². The highest BCUT2D eigenvalue weighted by Crippen LogP contribution is 2.65. The number of anilines is 1. The van der Waals surface area contributed by atoms with E-state index in [-0.39, 0.29) is 30.9 Å². The van der Waals surface area contributed by atoms with Crippen molar-refractivity contribution in [3.8, 4) is 5.75 Å². The van der Waals surface area contributed by atoms with E-state index in [0.717, 1.165) is 12.8 Å². The Labute approximate surface area is 218 Å². The van der Waals surface area contributed by atoms with Crippen LogP contribution in [0.4, 0.5) is 5.69 Å². The number of amides is 2. The second-order valence-electron chi connectivity index (χ2n) is 10.6. The number of aliphatic carboxylic acids is 1. The van der Waals surface area contributed by atoms with E-state index in [2.05, 4.69) is 6.58 Å². The van der Waals surface area contributed by atoms with Gasteiger partial charge in [0.05, 0.1) is 18.6 Å². The molecule has 1 spiro atoms. The Morgan fingerprint density at radius 3 is 2.51 bits per heavy atom. The second kappa shape index (κ2) is 10.5. The number of carbonyl (C=O) groups is 3. The number of ether oxygens (including phenoxy) is 2. The number of aliphatic hydroxyl groups excluding tert-OH is 1. The van der Waals surface area contributed by atoms with E-state index in [0.29, 0.717) is 37.2 Å². The monoisotopic (exact) mass is 514 g/mol. The smallest absolute Gasteiger partial charge is 0.310 e. The molecule has 3 saturated heterocycles. The predicted octanol–water partition coefficient (Wildman–Crippen LogP) is 2.86. The zero-order valence-corrected chi connectivity index (χ0v) is 21.9. The molecule has 2 bridgehead atoms. The van der Waals surface area contributed by atoms with Crippen LogP contribution in [0.3, 0.4) is 0 Å². The van der Waals surface area contributed by atoms with Gasteiger partial charge in [-0.3, -0.25) is 14.4 Å². The highest BCUT2D eigenvalue weighted by molar-refractivity contribution is 6.04. The maximum absolute atomic E-state index is 14.4. The summed E-state index contributed by atoms with van der Waals surface area (Å²) in [5, 5.41) is 19.3. The molecule has 3 aliphatic rings. The van der Waals surface area contributed by atoms with E-state index in [1.54, 1.807) is 54.2 Å². The minimum Gasteiger partial charge on any atom is -0.497 e. The number of carboxylic acid groups (broad SMARTS) is 1. The molecule has 4 rings (SSSR count). The lowest BCUT2D eigenvalue weighted by Crippen LogP contribution is -2.56. The van der Waals surface area contributed by atoms with E-state index in [4.69, 9.17) is 14.6 Å². The molecule has 3 aliphatic heterocycles. The van der Waals surface area contributed by atoms with Crippen molar-refractivity contribution in [2.24, 2.45) is 17.8 Å². The second-order valence-corrected chi connectivity index (χ2v) is 10.6. The molecule has 0 radical (unpaired) electrons. The molecule has 2 N–H and O–H groups in total. The van der Waals surface area contributed by atoms with Gasteiger partial charge in [0.15, 0.2) is 0 Å². The maximum Gasteiger partial charge on any atom is 0.310 e. The molecule has 1 aromatic rings. The van der Waals surface area contributed by atoms with E-state index >= 15 is 0 Å². The van der Waals surface area contributed by atoms with Gasteiger partial charge in [0, 0.05) is 25.4 Å². The van der Waals surface area contributed by atoms with Crippen molar-refractivity contribution < 1.29 is 34.1 Å². The Kier molecular flexibility index (Phi) is 7.67. The first-order valence-electron chi connectivity index (χ1n) is 13.1. The highest BCUT2D eigenvalue weighted by Gasteiger charge is 2.80. The van der Waals surface area contributed by atoms with Crippen molar-refractivity contribution in [3.63, 3.8) is 0 Å². The lowest BCUT2D eigenvalue weighted by atomic mass is 9.62. The minimum atomic E-state index is -1.21. The molecular weight excluding hydrogens is 476 g/mol. The van der Waals surface area contributed by atoms with Gasteiger partial charge in [0.1, 0.15) is 23.3 Å². The molecule has 9 nitrogen and oxygen atoms in total. The molecule has 1 aromatic carbocycles. The molecule has 9 heteroatoms. The van der Waals surface area contributed by atoms with Gasteiger partial charge in [-0.1, -0.05) is 25.8 Å². The number of carboxylic acids is 1. The molecule has 3 unspecified atom stereocenters. The number of carbonyl (C=O) groups excluding carboxylic acids is 2. The number of hydrogen-bond acceptors (Lipinski definition) is 6. The summed E-state index contributed by atoms with van der Waals surface area (Å²) in [6.45, 7) is 8.18.